The molecule has 27 heavy (non-hydrogen) atoms. The summed E-state index contributed by atoms with van der Waals surface area (Å²) in [4.78, 5) is 17.5. The normalized spacial score (nSPS) is 29.8. The molecular weight excluding hydrogens is 364 g/mol. The standard InChI is InChI=1S/C20H29ClN4O2/c21-17-7-2-1-6-16(17)18-13-19(23-22-18)20(26)25-9-4-8-24(10-11-25)14-15-5-3-12-27-15/h1-2,6-7,15,18-19,22-23H,3-5,8-14H2. The second-order valence-electron chi connectivity index (χ2n) is 7.77. The van der Waals surface area contributed by atoms with Crippen molar-refractivity contribution in [2.75, 3.05) is 39.3 Å². The van der Waals surface area contributed by atoms with Gasteiger partial charge in [0.2, 0.25) is 5.91 Å². The summed E-state index contributed by atoms with van der Waals surface area (Å²) in [6, 6.07) is 7.69. The molecule has 0 saturated carbocycles. The van der Waals surface area contributed by atoms with E-state index in [1.165, 1.54) is 12.8 Å². The summed E-state index contributed by atoms with van der Waals surface area (Å²) >= 11 is 6.31. The summed E-state index contributed by atoms with van der Waals surface area (Å²) in [6.45, 7) is 5.49. The van der Waals surface area contributed by atoms with Gasteiger partial charge in [-0.25, -0.2) is 10.9 Å². The van der Waals surface area contributed by atoms with Crippen LogP contribution in [0.15, 0.2) is 24.3 Å². The van der Waals surface area contributed by atoms with Gasteiger partial charge in [0.25, 0.3) is 0 Å². The van der Waals surface area contributed by atoms with Crippen LogP contribution in [0.2, 0.25) is 5.02 Å². The van der Waals surface area contributed by atoms with Gasteiger partial charge < -0.3 is 9.64 Å². The number of hydrazine groups is 1. The quantitative estimate of drug-likeness (QED) is 0.820. The maximum absolute atomic E-state index is 13.0. The van der Waals surface area contributed by atoms with Crippen LogP contribution in [-0.4, -0.2) is 67.2 Å². The zero-order valence-corrected chi connectivity index (χ0v) is 16.5. The average Bonchev–Trinajstić information content (AvgIpc) is 3.31. The molecule has 6 nitrogen and oxygen atoms in total. The van der Waals surface area contributed by atoms with Crippen molar-refractivity contribution < 1.29 is 9.53 Å². The number of rotatable bonds is 4. The van der Waals surface area contributed by atoms with E-state index < -0.39 is 0 Å². The Balaban J connectivity index is 1.30. The monoisotopic (exact) mass is 392 g/mol. The number of nitrogens with one attached hydrogen (secondary N) is 2. The molecule has 3 saturated heterocycles. The molecule has 7 heteroatoms. The molecule has 3 unspecified atom stereocenters. The van der Waals surface area contributed by atoms with Crippen molar-refractivity contribution in [3.05, 3.63) is 34.9 Å². The van der Waals surface area contributed by atoms with E-state index in [2.05, 4.69) is 15.8 Å². The molecule has 148 valence electrons. The predicted octanol–water partition coefficient (Wildman–Crippen LogP) is 1.96. The van der Waals surface area contributed by atoms with Crippen molar-refractivity contribution in [3.63, 3.8) is 0 Å². The maximum Gasteiger partial charge on any atom is 0.241 e. The molecule has 1 amide bonds. The van der Waals surface area contributed by atoms with Crippen molar-refractivity contribution in [1.82, 2.24) is 20.7 Å². The Morgan fingerprint density at radius 2 is 2.04 bits per heavy atom. The number of hydrogen-bond acceptors (Lipinski definition) is 5. The molecule has 0 bridgehead atoms. The van der Waals surface area contributed by atoms with Crippen LogP contribution in [0.4, 0.5) is 0 Å². The predicted molar refractivity (Wildman–Crippen MR) is 105 cm³/mol. The molecule has 0 radical (unpaired) electrons. The van der Waals surface area contributed by atoms with Gasteiger partial charge in [-0.1, -0.05) is 29.8 Å². The zero-order chi connectivity index (χ0) is 18.6. The lowest BCUT2D eigenvalue weighted by atomic mass is 10.0. The van der Waals surface area contributed by atoms with Gasteiger partial charge in [0.15, 0.2) is 0 Å². The van der Waals surface area contributed by atoms with Gasteiger partial charge in [-0.3, -0.25) is 9.69 Å². The first-order valence-corrected chi connectivity index (χ1v) is 10.5. The minimum Gasteiger partial charge on any atom is -0.377 e. The second kappa shape index (κ2) is 8.88. The first-order chi connectivity index (χ1) is 13.2. The maximum atomic E-state index is 13.0. The third-order valence-electron chi connectivity index (χ3n) is 5.87. The van der Waals surface area contributed by atoms with Gasteiger partial charge in [-0.2, -0.15) is 0 Å². The molecule has 3 aliphatic heterocycles. The third kappa shape index (κ3) is 4.63. The molecule has 0 aliphatic carbocycles. The Kier molecular flexibility index (Phi) is 6.30. The molecule has 3 fully saturated rings. The highest BCUT2D eigenvalue weighted by Crippen LogP contribution is 2.28. The second-order valence-corrected chi connectivity index (χ2v) is 8.17. The zero-order valence-electron chi connectivity index (χ0n) is 15.7. The van der Waals surface area contributed by atoms with Crippen LogP contribution in [0.5, 0.6) is 0 Å². The average molecular weight is 393 g/mol. The molecule has 3 atom stereocenters. The summed E-state index contributed by atoms with van der Waals surface area (Å²) in [6.07, 6.45) is 4.46. The van der Waals surface area contributed by atoms with Gasteiger partial charge in [0.1, 0.15) is 6.04 Å². The Labute approximate surface area is 166 Å². The Hall–Kier alpha value is -1.18. The van der Waals surface area contributed by atoms with Crippen molar-refractivity contribution in [3.8, 4) is 0 Å². The molecular formula is C20H29ClN4O2. The Morgan fingerprint density at radius 1 is 1.15 bits per heavy atom. The van der Waals surface area contributed by atoms with Crippen LogP contribution in [0, 0.1) is 0 Å². The fourth-order valence-electron chi connectivity index (χ4n) is 4.35. The molecule has 0 spiro atoms. The summed E-state index contributed by atoms with van der Waals surface area (Å²) in [7, 11) is 0. The van der Waals surface area contributed by atoms with Crippen LogP contribution in [0.1, 0.15) is 37.3 Å². The Bertz CT molecular complexity index is 653. The van der Waals surface area contributed by atoms with Crippen molar-refractivity contribution in [2.45, 2.75) is 43.9 Å². The molecule has 1 aromatic carbocycles. The number of ether oxygens (including phenoxy) is 1. The first-order valence-electron chi connectivity index (χ1n) is 10.1. The first kappa shape index (κ1) is 19.2. The van der Waals surface area contributed by atoms with E-state index in [4.69, 9.17) is 16.3 Å². The minimum atomic E-state index is -0.198. The van der Waals surface area contributed by atoms with Crippen LogP contribution in [-0.2, 0) is 9.53 Å². The summed E-state index contributed by atoms with van der Waals surface area (Å²) < 4.78 is 5.76. The number of carbonyl (C=O) groups excluding carboxylic acids is 1. The number of amides is 1. The van der Waals surface area contributed by atoms with Crippen LogP contribution in [0.25, 0.3) is 0 Å². The van der Waals surface area contributed by atoms with E-state index in [1.54, 1.807) is 0 Å². The van der Waals surface area contributed by atoms with Crippen LogP contribution in [0.3, 0.4) is 0 Å². The number of nitrogens with zero attached hydrogens (tertiary/aromatic N) is 2. The SMILES string of the molecule is O=C(C1CC(c2ccccc2Cl)NN1)N1CCCN(CC2CCCO2)CC1. The van der Waals surface area contributed by atoms with Gasteiger partial charge in [0.05, 0.1) is 6.10 Å². The van der Waals surface area contributed by atoms with Crippen molar-refractivity contribution in [2.24, 2.45) is 0 Å². The van der Waals surface area contributed by atoms with E-state index in [9.17, 15) is 4.79 Å². The largest absolute Gasteiger partial charge is 0.377 e. The smallest absolute Gasteiger partial charge is 0.241 e. The highest BCUT2D eigenvalue weighted by Gasteiger charge is 2.34. The van der Waals surface area contributed by atoms with Gasteiger partial charge in [-0.05, 0) is 43.9 Å². The van der Waals surface area contributed by atoms with E-state index >= 15 is 0 Å². The number of hydrogen-bond donors (Lipinski definition) is 2. The van der Waals surface area contributed by atoms with Gasteiger partial charge in [0, 0.05) is 43.9 Å². The highest BCUT2D eigenvalue weighted by atomic mass is 35.5. The number of benzene rings is 1. The van der Waals surface area contributed by atoms with Gasteiger partial charge >= 0.3 is 0 Å². The topological polar surface area (TPSA) is 56.8 Å². The fourth-order valence-corrected chi connectivity index (χ4v) is 4.62. The highest BCUT2D eigenvalue weighted by molar-refractivity contribution is 6.31. The molecule has 0 aromatic heterocycles. The summed E-state index contributed by atoms with van der Waals surface area (Å²) in [5.74, 6) is 0.191. The summed E-state index contributed by atoms with van der Waals surface area (Å²) in [5, 5.41) is 0.740. The molecule has 2 N–H and O–H groups in total. The number of halogens is 1. The van der Waals surface area contributed by atoms with E-state index in [1.807, 2.05) is 29.2 Å². The number of carbonyl (C=O) groups is 1. The van der Waals surface area contributed by atoms with Crippen molar-refractivity contribution in [1.29, 1.82) is 0 Å². The molecule has 3 aliphatic rings. The lowest BCUT2D eigenvalue weighted by Crippen LogP contribution is -2.47. The van der Waals surface area contributed by atoms with Crippen LogP contribution < -0.4 is 10.9 Å². The lowest BCUT2D eigenvalue weighted by Gasteiger charge is -2.25. The minimum absolute atomic E-state index is 0.0654. The summed E-state index contributed by atoms with van der Waals surface area (Å²) in [5.41, 5.74) is 7.48. The lowest BCUT2D eigenvalue weighted by molar-refractivity contribution is -0.133. The van der Waals surface area contributed by atoms with E-state index in [-0.39, 0.29) is 18.0 Å². The molecule has 4 rings (SSSR count). The van der Waals surface area contributed by atoms with E-state index in [0.29, 0.717) is 6.10 Å². The molecule has 3 heterocycles. The van der Waals surface area contributed by atoms with Crippen molar-refractivity contribution >= 4 is 17.5 Å². The third-order valence-corrected chi connectivity index (χ3v) is 6.21. The molecule has 1 aromatic rings. The Morgan fingerprint density at radius 3 is 2.85 bits per heavy atom. The van der Waals surface area contributed by atoms with Gasteiger partial charge in [-0.15, -0.1) is 0 Å². The van der Waals surface area contributed by atoms with Crippen LogP contribution >= 0.6 is 11.6 Å². The van der Waals surface area contributed by atoms with E-state index in [0.717, 1.165) is 62.8 Å². The fraction of sp³-hybridized carbons (Fsp3) is 0.650.